The van der Waals surface area contributed by atoms with E-state index in [1.165, 1.54) is 32.1 Å². The smallest absolute Gasteiger partial charge is 0.335 e. The van der Waals surface area contributed by atoms with Crippen molar-refractivity contribution in [3.8, 4) is 0 Å². The average molecular weight is 279 g/mol. The molecule has 2 aliphatic rings. The lowest BCUT2D eigenvalue weighted by Crippen LogP contribution is -2.36. The van der Waals surface area contributed by atoms with Gasteiger partial charge in [0.25, 0.3) is 0 Å². The zero-order valence-electron chi connectivity index (χ0n) is 12.6. The Morgan fingerprint density at radius 1 is 1.35 bits per heavy atom. The van der Waals surface area contributed by atoms with Gasteiger partial charge in [-0.3, -0.25) is 0 Å². The summed E-state index contributed by atoms with van der Waals surface area (Å²) < 4.78 is 5.07. The summed E-state index contributed by atoms with van der Waals surface area (Å²) in [6.07, 6.45) is 8.62. The van der Waals surface area contributed by atoms with Crippen LogP contribution in [0.1, 0.15) is 52.4 Å². The molecule has 112 valence electrons. The second kappa shape index (κ2) is 6.91. The van der Waals surface area contributed by atoms with Gasteiger partial charge in [-0.2, -0.15) is 0 Å². The zero-order chi connectivity index (χ0) is 14.5. The van der Waals surface area contributed by atoms with Gasteiger partial charge in [-0.05, 0) is 26.2 Å². The normalized spacial score (nSPS) is 21.8. The molecule has 0 radical (unpaired) electrons. The summed E-state index contributed by atoms with van der Waals surface area (Å²) in [5, 5.41) is 0. The summed E-state index contributed by atoms with van der Waals surface area (Å²) in [4.78, 5) is 24.5. The predicted molar refractivity (Wildman–Crippen MR) is 77.1 cm³/mol. The maximum absolute atomic E-state index is 11.5. The Hall–Kier alpha value is -1.32. The minimum absolute atomic E-state index is 0.249. The van der Waals surface area contributed by atoms with Gasteiger partial charge in [-0.25, -0.2) is 4.79 Å². The highest BCUT2D eigenvalue weighted by atomic mass is 16.5. The lowest BCUT2D eigenvalue weighted by atomic mass is 9.84. The number of ether oxygens (including phenoxy) is 1. The molecule has 0 bridgehead atoms. The van der Waals surface area contributed by atoms with E-state index in [2.05, 4.69) is 11.8 Å². The van der Waals surface area contributed by atoms with E-state index in [9.17, 15) is 9.59 Å². The molecular weight excluding hydrogens is 254 g/mol. The summed E-state index contributed by atoms with van der Waals surface area (Å²) in [6.45, 7) is 4.60. The minimum atomic E-state index is -0.249. The molecule has 1 saturated carbocycles. The summed E-state index contributed by atoms with van der Waals surface area (Å²) in [5.41, 5.74) is 1.55. The van der Waals surface area contributed by atoms with Gasteiger partial charge in [0.15, 0.2) is 0 Å². The summed E-state index contributed by atoms with van der Waals surface area (Å²) in [6, 6.07) is 0.280. The van der Waals surface area contributed by atoms with Crippen LogP contribution in [0.4, 0.5) is 0 Å². The molecule has 0 aromatic heterocycles. The Morgan fingerprint density at radius 2 is 2.05 bits per heavy atom. The first kappa shape index (κ1) is 15.1. The quantitative estimate of drug-likeness (QED) is 0.554. The molecule has 1 aliphatic heterocycles. The summed E-state index contributed by atoms with van der Waals surface area (Å²) in [7, 11) is 0. The standard InChI is InChI=1S/C16H25NO3/c1-12(10-14-6-4-3-5-7-14)17(8-9-18)15-11-20-16(19)13(15)2/h9,12,14H,3-8,10-11H2,1-2H3. The van der Waals surface area contributed by atoms with E-state index < -0.39 is 0 Å². The van der Waals surface area contributed by atoms with Crippen molar-refractivity contribution in [2.24, 2.45) is 5.92 Å². The van der Waals surface area contributed by atoms with Gasteiger partial charge in [0.05, 0.1) is 17.8 Å². The molecular formula is C16H25NO3. The van der Waals surface area contributed by atoms with Crippen molar-refractivity contribution in [3.05, 3.63) is 11.3 Å². The lowest BCUT2D eigenvalue weighted by molar-refractivity contribution is -0.136. The zero-order valence-corrected chi connectivity index (χ0v) is 12.6. The fraction of sp³-hybridized carbons (Fsp3) is 0.750. The average Bonchev–Trinajstić information content (AvgIpc) is 2.77. The molecule has 1 heterocycles. The maximum Gasteiger partial charge on any atom is 0.335 e. The number of hydrogen-bond acceptors (Lipinski definition) is 4. The van der Waals surface area contributed by atoms with Gasteiger partial charge in [0, 0.05) is 6.04 Å². The van der Waals surface area contributed by atoms with Crippen LogP contribution in [0.3, 0.4) is 0 Å². The van der Waals surface area contributed by atoms with E-state index in [1.807, 2.05) is 0 Å². The predicted octanol–water partition coefficient (Wildman–Crippen LogP) is 2.68. The van der Waals surface area contributed by atoms with Crippen LogP contribution >= 0.6 is 0 Å². The van der Waals surface area contributed by atoms with E-state index in [0.717, 1.165) is 24.3 Å². The molecule has 4 nitrogen and oxygen atoms in total. The molecule has 0 spiro atoms. The van der Waals surface area contributed by atoms with Crippen molar-refractivity contribution in [2.45, 2.75) is 58.4 Å². The van der Waals surface area contributed by atoms with Gasteiger partial charge in [0.1, 0.15) is 12.9 Å². The van der Waals surface area contributed by atoms with Gasteiger partial charge in [-0.1, -0.05) is 32.1 Å². The highest BCUT2D eigenvalue weighted by molar-refractivity contribution is 5.91. The Labute approximate surface area is 121 Å². The number of rotatable bonds is 6. The van der Waals surface area contributed by atoms with E-state index >= 15 is 0 Å². The van der Waals surface area contributed by atoms with Crippen LogP contribution in [0.5, 0.6) is 0 Å². The number of esters is 1. The van der Waals surface area contributed by atoms with E-state index in [1.54, 1.807) is 6.92 Å². The van der Waals surface area contributed by atoms with Gasteiger partial charge in [-0.15, -0.1) is 0 Å². The lowest BCUT2D eigenvalue weighted by Gasteiger charge is -2.34. The third-order valence-corrected chi connectivity index (χ3v) is 4.63. The van der Waals surface area contributed by atoms with Gasteiger partial charge < -0.3 is 14.4 Å². The van der Waals surface area contributed by atoms with Crippen molar-refractivity contribution < 1.29 is 14.3 Å². The third-order valence-electron chi connectivity index (χ3n) is 4.63. The first-order valence-corrected chi connectivity index (χ1v) is 7.70. The Kier molecular flexibility index (Phi) is 5.21. The summed E-state index contributed by atoms with van der Waals surface area (Å²) >= 11 is 0. The Bertz CT molecular complexity index is 397. The first-order chi connectivity index (χ1) is 9.63. The minimum Gasteiger partial charge on any atom is -0.456 e. The van der Waals surface area contributed by atoms with E-state index in [4.69, 9.17) is 4.74 Å². The number of carbonyl (C=O) groups excluding carboxylic acids is 2. The molecule has 0 aromatic carbocycles. The summed E-state index contributed by atoms with van der Waals surface area (Å²) in [5.74, 6) is 0.507. The molecule has 1 fully saturated rings. The fourth-order valence-corrected chi connectivity index (χ4v) is 3.44. The number of nitrogens with zero attached hydrogens (tertiary/aromatic N) is 1. The van der Waals surface area contributed by atoms with Crippen LogP contribution in [0.15, 0.2) is 11.3 Å². The van der Waals surface area contributed by atoms with Crippen molar-refractivity contribution in [1.82, 2.24) is 4.90 Å². The van der Waals surface area contributed by atoms with E-state index in [-0.39, 0.29) is 12.0 Å². The number of aldehydes is 1. The molecule has 0 aromatic rings. The Morgan fingerprint density at radius 3 is 2.60 bits per heavy atom. The second-order valence-corrected chi connectivity index (χ2v) is 6.06. The second-order valence-electron chi connectivity index (χ2n) is 6.06. The van der Waals surface area contributed by atoms with Crippen LogP contribution in [0.25, 0.3) is 0 Å². The van der Waals surface area contributed by atoms with Crippen LogP contribution < -0.4 is 0 Å². The van der Waals surface area contributed by atoms with Crippen molar-refractivity contribution >= 4 is 12.3 Å². The van der Waals surface area contributed by atoms with Crippen molar-refractivity contribution in [3.63, 3.8) is 0 Å². The molecule has 1 aliphatic carbocycles. The molecule has 1 unspecified atom stereocenters. The molecule has 20 heavy (non-hydrogen) atoms. The Balaban J connectivity index is 2.03. The highest BCUT2D eigenvalue weighted by Crippen LogP contribution is 2.30. The largest absolute Gasteiger partial charge is 0.456 e. The van der Waals surface area contributed by atoms with Crippen LogP contribution in [-0.2, 0) is 14.3 Å². The van der Waals surface area contributed by atoms with Gasteiger partial charge >= 0.3 is 5.97 Å². The third kappa shape index (κ3) is 3.41. The van der Waals surface area contributed by atoms with Crippen LogP contribution in [-0.4, -0.2) is 36.3 Å². The highest BCUT2D eigenvalue weighted by Gasteiger charge is 2.29. The van der Waals surface area contributed by atoms with Gasteiger partial charge in [0.2, 0.25) is 0 Å². The molecule has 1 atom stereocenters. The van der Waals surface area contributed by atoms with Crippen LogP contribution in [0.2, 0.25) is 0 Å². The molecule has 0 N–H and O–H groups in total. The number of hydrogen-bond donors (Lipinski definition) is 0. The maximum atomic E-state index is 11.5. The SMILES string of the molecule is CC1=C(N(CC=O)C(C)CC2CCCCC2)COC1=O. The molecule has 0 amide bonds. The van der Waals surface area contributed by atoms with Crippen molar-refractivity contribution in [2.75, 3.05) is 13.2 Å². The topological polar surface area (TPSA) is 46.6 Å². The fourth-order valence-electron chi connectivity index (χ4n) is 3.44. The number of cyclic esters (lactones) is 1. The molecule has 0 saturated heterocycles. The number of carbonyl (C=O) groups is 2. The van der Waals surface area contributed by atoms with Crippen molar-refractivity contribution in [1.29, 1.82) is 0 Å². The first-order valence-electron chi connectivity index (χ1n) is 7.70. The van der Waals surface area contributed by atoms with Crippen LogP contribution in [0, 0.1) is 5.92 Å². The molecule has 2 rings (SSSR count). The van der Waals surface area contributed by atoms with E-state index in [0.29, 0.717) is 18.7 Å². The molecule has 4 heteroatoms. The monoisotopic (exact) mass is 279 g/mol.